The van der Waals surface area contributed by atoms with E-state index >= 15 is 0 Å². The third kappa shape index (κ3) is 5.30. The highest BCUT2D eigenvalue weighted by atomic mass is 35.5. The number of para-hydroxylation sites is 1. The highest BCUT2D eigenvalue weighted by Crippen LogP contribution is 2.23. The number of hydrogen-bond donors (Lipinski definition) is 1. The standard InChI is InChI=1S/C20H15ClFN3O3S/c1-28-19(27)14-4-2-3-5-16(14)24-18(26)17-15(21)10-23-20(25-17)29-11-12-6-8-13(22)9-7-12/h2-10H,11H2,1H3,(H,24,26). The third-order valence-corrected chi connectivity index (χ3v) is 5.01. The molecule has 1 aromatic heterocycles. The predicted octanol–water partition coefficient (Wildman–Crippen LogP) is 4.60. The average molecular weight is 432 g/mol. The summed E-state index contributed by atoms with van der Waals surface area (Å²) >= 11 is 7.37. The smallest absolute Gasteiger partial charge is 0.339 e. The second-order valence-corrected chi connectivity index (χ2v) is 7.11. The van der Waals surface area contributed by atoms with Gasteiger partial charge in [-0.3, -0.25) is 4.79 Å². The second-order valence-electron chi connectivity index (χ2n) is 5.76. The fraction of sp³-hybridized carbons (Fsp3) is 0.100. The predicted molar refractivity (Wildman–Crippen MR) is 109 cm³/mol. The van der Waals surface area contributed by atoms with E-state index in [0.717, 1.165) is 5.56 Å². The number of methoxy groups -OCH3 is 1. The fourth-order valence-electron chi connectivity index (χ4n) is 2.37. The number of halogens is 2. The van der Waals surface area contributed by atoms with Crippen LogP contribution in [0.1, 0.15) is 26.4 Å². The van der Waals surface area contributed by atoms with Crippen molar-refractivity contribution in [2.75, 3.05) is 12.4 Å². The normalized spacial score (nSPS) is 10.4. The van der Waals surface area contributed by atoms with Gasteiger partial charge in [0.25, 0.3) is 5.91 Å². The van der Waals surface area contributed by atoms with Crippen molar-refractivity contribution < 1.29 is 18.7 Å². The van der Waals surface area contributed by atoms with E-state index in [-0.39, 0.29) is 27.8 Å². The number of anilines is 1. The molecule has 29 heavy (non-hydrogen) atoms. The van der Waals surface area contributed by atoms with Gasteiger partial charge in [0.15, 0.2) is 10.9 Å². The van der Waals surface area contributed by atoms with Gasteiger partial charge in [-0.25, -0.2) is 19.2 Å². The van der Waals surface area contributed by atoms with Crippen LogP contribution < -0.4 is 5.32 Å². The Morgan fingerprint density at radius 2 is 1.90 bits per heavy atom. The van der Waals surface area contributed by atoms with Gasteiger partial charge in [0.2, 0.25) is 0 Å². The number of thioether (sulfide) groups is 1. The molecule has 3 aromatic rings. The zero-order valence-corrected chi connectivity index (χ0v) is 16.8. The maximum Gasteiger partial charge on any atom is 0.339 e. The number of ether oxygens (including phenoxy) is 1. The fourth-order valence-corrected chi connectivity index (χ4v) is 3.32. The Labute approximate surface area is 175 Å². The summed E-state index contributed by atoms with van der Waals surface area (Å²) in [5, 5.41) is 3.04. The minimum absolute atomic E-state index is 0.0251. The van der Waals surface area contributed by atoms with Crippen LogP contribution in [0.5, 0.6) is 0 Å². The van der Waals surface area contributed by atoms with Crippen LogP contribution in [-0.4, -0.2) is 29.0 Å². The topological polar surface area (TPSA) is 81.2 Å². The first-order valence-corrected chi connectivity index (χ1v) is 9.72. The number of amides is 1. The second kappa shape index (κ2) is 9.49. The van der Waals surface area contributed by atoms with Gasteiger partial charge in [-0.05, 0) is 29.8 Å². The minimum atomic E-state index is -0.586. The van der Waals surface area contributed by atoms with Crippen LogP contribution in [0.2, 0.25) is 5.02 Å². The SMILES string of the molecule is COC(=O)c1ccccc1NC(=O)c1nc(SCc2ccc(F)cc2)ncc1Cl. The number of nitrogens with one attached hydrogen (secondary N) is 1. The summed E-state index contributed by atoms with van der Waals surface area (Å²) < 4.78 is 17.7. The Bertz CT molecular complexity index is 1050. The van der Waals surface area contributed by atoms with Crippen molar-refractivity contribution >= 4 is 40.9 Å². The maximum absolute atomic E-state index is 13.0. The molecular formula is C20H15ClFN3O3S. The molecule has 1 N–H and O–H groups in total. The van der Waals surface area contributed by atoms with Gasteiger partial charge >= 0.3 is 5.97 Å². The van der Waals surface area contributed by atoms with Gasteiger partial charge in [-0.2, -0.15) is 0 Å². The van der Waals surface area contributed by atoms with E-state index in [2.05, 4.69) is 15.3 Å². The molecule has 0 saturated heterocycles. The molecule has 3 rings (SSSR count). The Morgan fingerprint density at radius 1 is 1.17 bits per heavy atom. The first-order chi connectivity index (χ1) is 14.0. The number of nitrogens with zero attached hydrogens (tertiary/aromatic N) is 2. The maximum atomic E-state index is 13.0. The lowest BCUT2D eigenvalue weighted by molar-refractivity contribution is 0.0602. The van der Waals surface area contributed by atoms with E-state index in [1.807, 2.05) is 0 Å². The molecule has 0 unspecified atom stereocenters. The van der Waals surface area contributed by atoms with Crippen LogP contribution in [-0.2, 0) is 10.5 Å². The Balaban J connectivity index is 1.76. The summed E-state index contributed by atoms with van der Waals surface area (Å²) in [7, 11) is 1.26. The lowest BCUT2D eigenvalue weighted by Gasteiger charge is -2.10. The van der Waals surface area contributed by atoms with Crippen LogP contribution in [0.4, 0.5) is 10.1 Å². The molecule has 0 radical (unpaired) electrons. The Kier molecular flexibility index (Phi) is 6.79. The van der Waals surface area contributed by atoms with Crippen molar-refractivity contribution in [2.24, 2.45) is 0 Å². The number of carbonyl (C=O) groups excluding carboxylic acids is 2. The lowest BCUT2D eigenvalue weighted by Crippen LogP contribution is -2.17. The summed E-state index contributed by atoms with van der Waals surface area (Å²) in [6.45, 7) is 0. The van der Waals surface area contributed by atoms with Gasteiger partial charge < -0.3 is 10.1 Å². The molecule has 2 aromatic carbocycles. The quantitative estimate of drug-likeness (QED) is 0.349. The summed E-state index contributed by atoms with van der Waals surface area (Å²) in [5.41, 5.74) is 1.34. The Hall–Kier alpha value is -2.97. The minimum Gasteiger partial charge on any atom is -0.465 e. The molecule has 0 aliphatic heterocycles. The summed E-state index contributed by atoms with van der Waals surface area (Å²) in [5.74, 6) is -0.982. The van der Waals surface area contributed by atoms with E-state index in [4.69, 9.17) is 16.3 Å². The molecule has 9 heteroatoms. The van der Waals surface area contributed by atoms with E-state index in [1.165, 1.54) is 43.3 Å². The molecule has 148 valence electrons. The molecule has 0 atom stereocenters. The molecule has 6 nitrogen and oxygen atoms in total. The zero-order chi connectivity index (χ0) is 20.8. The molecule has 0 saturated carbocycles. The summed E-state index contributed by atoms with van der Waals surface area (Å²) in [4.78, 5) is 32.9. The Morgan fingerprint density at radius 3 is 2.62 bits per heavy atom. The molecular weight excluding hydrogens is 417 g/mol. The highest BCUT2D eigenvalue weighted by Gasteiger charge is 2.18. The molecule has 0 bridgehead atoms. The number of rotatable bonds is 6. The summed E-state index contributed by atoms with van der Waals surface area (Å²) in [6.07, 6.45) is 1.34. The van der Waals surface area contributed by atoms with E-state index in [1.54, 1.807) is 30.3 Å². The number of esters is 1. The van der Waals surface area contributed by atoms with Crippen molar-refractivity contribution in [3.8, 4) is 0 Å². The highest BCUT2D eigenvalue weighted by molar-refractivity contribution is 7.98. The third-order valence-electron chi connectivity index (χ3n) is 3.80. The van der Waals surface area contributed by atoms with Gasteiger partial charge in [0.1, 0.15) is 5.82 Å². The summed E-state index contributed by atoms with van der Waals surface area (Å²) in [6, 6.07) is 12.5. The molecule has 0 aliphatic rings. The molecule has 1 heterocycles. The molecule has 0 aliphatic carbocycles. The van der Waals surface area contributed by atoms with Gasteiger partial charge in [0.05, 0.1) is 29.6 Å². The van der Waals surface area contributed by atoms with E-state index < -0.39 is 11.9 Å². The molecule has 0 spiro atoms. The van der Waals surface area contributed by atoms with Crippen LogP contribution >= 0.6 is 23.4 Å². The van der Waals surface area contributed by atoms with Crippen molar-refractivity contribution in [1.29, 1.82) is 0 Å². The average Bonchev–Trinajstić information content (AvgIpc) is 2.74. The van der Waals surface area contributed by atoms with Crippen molar-refractivity contribution in [2.45, 2.75) is 10.9 Å². The van der Waals surface area contributed by atoms with E-state index in [9.17, 15) is 14.0 Å². The van der Waals surface area contributed by atoms with Gasteiger partial charge in [0, 0.05) is 5.75 Å². The largest absolute Gasteiger partial charge is 0.465 e. The first-order valence-electron chi connectivity index (χ1n) is 8.36. The van der Waals surface area contributed by atoms with Gasteiger partial charge in [-0.1, -0.05) is 47.6 Å². The van der Waals surface area contributed by atoms with E-state index in [0.29, 0.717) is 10.9 Å². The van der Waals surface area contributed by atoms with Gasteiger partial charge in [-0.15, -0.1) is 0 Å². The van der Waals surface area contributed by atoms with Crippen molar-refractivity contribution in [3.63, 3.8) is 0 Å². The number of carbonyl (C=O) groups is 2. The van der Waals surface area contributed by atoms with Crippen LogP contribution in [0.15, 0.2) is 59.9 Å². The van der Waals surface area contributed by atoms with Crippen LogP contribution in [0, 0.1) is 5.82 Å². The molecule has 0 fully saturated rings. The number of benzene rings is 2. The van der Waals surface area contributed by atoms with Crippen LogP contribution in [0.25, 0.3) is 0 Å². The monoisotopic (exact) mass is 431 g/mol. The number of hydrogen-bond acceptors (Lipinski definition) is 6. The van der Waals surface area contributed by atoms with Crippen molar-refractivity contribution in [3.05, 3.63) is 82.4 Å². The zero-order valence-electron chi connectivity index (χ0n) is 15.2. The lowest BCUT2D eigenvalue weighted by atomic mass is 10.1. The number of aromatic nitrogens is 2. The molecule has 1 amide bonds. The van der Waals surface area contributed by atoms with Crippen LogP contribution in [0.3, 0.4) is 0 Å². The first kappa shape index (κ1) is 20.8. The van der Waals surface area contributed by atoms with Crippen molar-refractivity contribution in [1.82, 2.24) is 9.97 Å².